The van der Waals surface area contributed by atoms with Gasteiger partial charge in [0.1, 0.15) is 0 Å². The first kappa shape index (κ1) is 17.1. The maximum atomic E-state index is 11.9. The number of hydrogen-bond acceptors (Lipinski definition) is 3. The first-order chi connectivity index (χ1) is 9.42. The van der Waals surface area contributed by atoms with Gasteiger partial charge in [-0.25, -0.2) is 13.1 Å². The molecule has 0 bridgehead atoms. The molecule has 0 saturated heterocycles. The first-order valence-electron chi connectivity index (χ1n) is 7.25. The molecular weight excluding hydrogens is 272 g/mol. The smallest absolute Gasteiger partial charge is 0.240 e. The Labute approximate surface area is 123 Å². The number of nitrogens with one attached hydrogen (secondary N) is 2. The summed E-state index contributed by atoms with van der Waals surface area (Å²) in [6.07, 6.45) is 1.11. The third-order valence-electron chi connectivity index (χ3n) is 3.52. The SMILES string of the molecule is CCCNC(C)C(C)c1ccc(S(=O)(=O)NCC)cc1. The van der Waals surface area contributed by atoms with Gasteiger partial charge in [-0.15, -0.1) is 0 Å². The molecule has 2 N–H and O–H groups in total. The summed E-state index contributed by atoms with van der Waals surface area (Å²) in [7, 11) is -3.35. The van der Waals surface area contributed by atoms with E-state index in [4.69, 9.17) is 0 Å². The molecule has 0 aliphatic rings. The van der Waals surface area contributed by atoms with E-state index in [-0.39, 0.29) is 0 Å². The summed E-state index contributed by atoms with van der Waals surface area (Å²) >= 11 is 0. The monoisotopic (exact) mass is 298 g/mol. The van der Waals surface area contributed by atoms with Crippen molar-refractivity contribution >= 4 is 10.0 Å². The zero-order valence-corrected chi connectivity index (χ0v) is 13.6. The Morgan fingerprint density at radius 3 is 2.20 bits per heavy atom. The molecular formula is C15H26N2O2S. The van der Waals surface area contributed by atoms with E-state index < -0.39 is 10.0 Å². The molecule has 0 radical (unpaired) electrons. The van der Waals surface area contributed by atoms with Crippen molar-refractivity contribution in [1.82, 2.24) is 10.0 Å². The fourth-order valence-electron chi connectivity index (χ4n) is 2.06. The lowest BCUT2D eigenvalue weighted by Gasteiger charge is -2.21. The van der Waals surface area contributed by atoms with E-state index in [1.54, 1.807) is 19.1 Å². The van der Waals surface area contributed by atoms with Crippen LogP contribution in [-0.4, -0.2) is 27.5 Å². The van der Waals surface area contributed by atoms with Gasteiger partial charge in [-0.3, -0.25) is 0 Å². The highest BCUT2D eigenvalue weighted by Gasteiger charge is 2.16. The second-order valence-electron chi connectivity index (χ2n) is 5.10. The lowest BCUT2D eigenvalue weighted by Crippen LogP contribution is -2.31. The van der Waals surface area contributed by atoms with Crippen LogP contribution >= 0.6 is 0 Å². The second kappa shape index (κ2) is 7.76. The Morgan fingerprint density at radius 2 is 1.70 bits per heavy atom. The van der Waals surface area contributed by atoms with Gasteiger partial charge in [0.05, 0.1) is 4.90 Å². The zero-order valence-electron chi connectivity index (χ0n) is 12.8. The lowest BCUT2D eigenvalue weighted by molar-refractivity contribution is 0.481. The quantitative estimate of drug-likeness (QED) is 0.775. The maximum absolute atomic E-state index is 11.9. The van der Waals surface area contributed by atoms with Crippen molar-refractivity contribution in [3.05, 3.63) is 29.8 Å². The van der Waals surface area contributed by atoms with Crippen molar-refractivity contribution in [1.29, 1.82) is 0 Å². The van der Waals surface area contributed by atoms with Crippen molar-refractivity contribution in [2.45, 2.75) is 51.0 Å². The lowest BCUT2D eigenvalue weighted by atomic mass is 9.94. The van der Waals surface area contributed by atoms with Crippen LogP contribution < -0.4 is 10.0 Å². The Bertz CT molecular complexity index is 497. The van der Waals surface area contributed by atoms with Gasteiger partial charge in [-0.2, -0.15) is 0 Å². The van der Waals surface area contributed by atoms with Gasteiger partial charge in [0, 0.05) is 12.6 Å². The highest BCUT2D eigenvalue weighted by atomic mass is 32.2. The molecule has 0 aliphatic carbocycles. The summed E-state index contributed by atoms with van der Waals surface area (Å²) in [4.78, 5) is 0.324. The van der Waals surface area contributed by atoms with E-state index in [1.807, 2.05) is 12.1 Å². The van der Waals surface area contributed by atoms with Crippen LogP contribution in [0.2, 0.25) is 0 Å². The molecule has 0 amide bonds. The second-order valence-corrected chi connectivity index (χ2v) is 6.87. The minimum absolute atomic E-state index is 0.324. The number of benzene rings is 1. The van der Waals surface area contributed by atoms with Gasteiger partial charge in [-0.1, -0.05) is 32.9 Å². The summed E-state index contributed by atoms with van der Waals surface area (Å²) in [5.74, 6) is 0.345. The third-order valence-corrected chi connectivity index (χ3v) is 5.08. The van der Waals surface area contributed by atoms with Crippen LogP contribution in [0.1, 0.15) is 45.6 Å². The summed E-state index contributed by atoms with van der Waals surface area (Å²) in [6.45, 7) is 9.63. The molecule has 0 saturated carbocycles. The first-order valence-corrected chi connectivity index (χ1v) is 8.73. The fourth-order valence-corrected chi connectivity index (χ4v) is 3.10. The van der Waals surface area contributed by atoms with E-state index >= 15 is 0 Å². The van der Waals surface area contributed by atoms with E-state index in [1.165, 1.54) is 0 Å². The molecule has 0 fully saturated rings. The molecule has 4 nitrogen and oxygen atoms in total. The predicted octanol–water partition coefficient (Wildman–Crippen LogP) is 2.48. The van der Waals surface area contributed by atoms with E-state index in [2.05, 4.69) is 30.8 Å². The third kappa shape index (κ3) is 4.58. The van der Waals surface area contributed by atoms with Gasteiger partial charge >= 0.3 is 0 Å². The molecule has 0 aliphatic heterocycles. The molecule has 0 heterocycles. The van der Waals surface area contributed by atoms with Crippen LogP contribution in [0.3, 0.4) is 0 Å². The minimum Gasteiger partial charge on any atom is -0.314 e. The van der Waals surface area contributed by atoms with Crippen LogP contribution in [0.4, 0.5) is 0 Å². The molecule has 20 heavy (non-hydrogen) atoms. The van der Waals surface area contributed by atoms with Crippen molar-refractivity contribution < 1.29 is 8.42 Å². The van der Waals surface area contributed by atoms with Gasteiger partial charge in [0.15, 0.2) is 0 Å². The molecule has 1 rings (SSSR count). The number of rotatable bonds is 8. The summed E-state index contributed by atoms with van der Waals surface area (Å²) in [5, 5.41) is 3.47. The molecule has 1 aromatic rings. The van der Waals surface area contributed by atoms with Crippen LogP contribution in [0, 0.1) is 0 Å². The van der Waals surface area contributed by atoms with Crippen LogP contribution in [0.5, 0.6) is 0 Å². The summed E-state index contributed by atoms with van der Waals surface area (Å²) in [5.41, 5.74) is 1.15. The normalized spacial score (nSPS) is 15.0. The molecule has 114 valence electrons. The van der Waals surface area contributed by atoms with Gasteiger partial charge in [0.2, 0.25) is 10.0 Å². The standard InChI is InChI=1S/C15H26N2O2S/c1-5-11-16-13(4)12(3)14-7-9-15(10-8-14)20(18,19)17-6-2/h7-10,12-13,16-17H,5-6,11H2,1-4H3. The Hall–Kier alpha value is -0.910. The van der Waals surface area contributed by atoms with Gasteiger partial charge in [-0.05, 0) is 43.5 Å². The van der Waals surface area contributed by atoms with Gasteiger partial charge in [0.25, 0.3) is 0 Å². The highest BCUT2D eigenvalue weighted by Crippen LogP contribution is 2.21. The van der Waals surface area contributed by atoms with Crippen LogP contribution in [-0.2, 0) is 10.0 Å². The molecule has 0 aromatic heterocycles. The molecule has 5 heteroatoms. The summed E-state index contributed by atoms with van der Waals surface area (Å²) in [6, 6.07) is 7.52. The average molecular weight is 298 g/mol. The Balaban J connectivity index is 2.81. The minimum atomic E-state index is -3.35. The van der Waals surface area contributed by atoms with Crippen molar-refractivity contribution in [2.75, 3.05) is 13.1 Å². The Kier molecular flexibility index (Phi) is 6.65. The van der Waals surface area contributed by atoms with Crippen molar-refractivity contribution in [3.63, 3.8) is 0 Å². The molecule has 0 spiro atoms. The summed E-state index contributed by atoms with van der Waals surface area (Å²) < 4.78 is 26.2. The topological polar surface area (TPSA) is 58.2 Å². The Morgan fingerprint density at radius 1 is 1.10 bits per heavy atom. The fraction of sp³-hybridized carbons (Fsp3) is 0.600. The molecule has 1 aromatic carbocycles. The zero-order chi connectivity index (χ0) is 15.2. The predicted molar refractivity (Wildman–Crippen MR) is 83.5 cm³/mol. The average Bonchev–Trinajstić information content (AvgIpc) is 2.44. The number of sulfonamides is 1. The van der Waals surface area contributed by atoms with Gasteiger partial charge < -0.3 is 5.32 Å². The van der Waals surface area contributed by atoms with Crippen molar-refractivity contribution in [3.8, 4) is 0 Å². The largest absolute Gasteiger partial charge is 0.314 e. The molecule has 2 unspecified atom stereocenters. The van der Waals surface area contributed by atoms with Crippen LogP contribution in [0.25, 0.3) is 0 Å². The molecule has 2 atom stereocenters. The number of hydrogen-bond donors (Lipinski definition) is 2. The van der Waals surface area contributed by atoms with Crippen molar-refractivity contribution in [2.24, 2.45) is 0 Å². The maximum Gasteiger partial charge on any atom is 0.240 e. The highest BCUT2D eigenvalue weighted by molar-refractivity contribution is 7.89. The van der Waals surface area contributed by atoms with E-state index in [9.17, 15) is 8.42 Å². The van der Waals surface area contributed by atoms with E-state index in [0.29, 0.717) is 23.4 Å². The van der Waals surface area contributed by atoms with E-state index in [0.717, 1.165) is 18.5 Å². The van der Waals surface area contributed by atoms with Crippen LogP contribution in [0.15, 0.2) is 29.2 Å².